The molecule has 1 amide bonds. The molecular weight excluding hydrogens is 450 g/mol. The summed E-state index contributed by atoms with van der Waals surface area (Å²) >= 11 is 1.16. The number of carbonyl (C=O) groups is 1. The second kappa shape index (κ2) is 7.29. The van der Waals surface area contributed by atoms with Crippen LogP contribution in [0.25, 0.3) is 0 Å². The van der Waals surface area contributed by atoms with E-state index < -0.39 is 25.8 Å². The Balaban J connectivity index is 1.61. The van der Waals surface area contributed by atoms with Crippen molar-refractivity contribution in [1.29, 1.82) is 0 Å². The summed E-state index contributed by atoms with van der Waals surface area (Å²) in [5.74, 6) is -0.983. The average Bonchev–Trinajstić information content (AvgIpc) is 3.04. The van der Waals surface area contributed by atoms with Gasteiger partial charge in [0, 0.05) is 17.0 Å². The predicted molar refractivity (Wildman–Crippen MR) is 115 cm³/mol. The van der Waals surface area contributed by atoms with Gasteiger partial charge in [-0.3, -0.25) is 4.79 Å². The summed E-state index contributed by atoms with van der Waals surface area (Å²) in [5, 5.41) is 12.9. The number of benzene rings is 2. The van der Waals surface area contributed by atoms with E-state index in [1.165, 1.54) is 25.1 Å². The lowest BCUT2D eigenvalue weighted by Gasteiger charge is -2.22. The lowest BCUT2D eigenvalue weighted by molar-refractivity contribution is 0.102. The molecule has 0 spiro atoms. The number of anilines is 2. The number of hydrogen-bond donors (Lipinski definition) is 2. The van der Waals surface area contributed by atoms with Gasteiger partial charge in [-0.1, -0.05) is 6.92 Å². The first-order valence-corrected chi connectivity index (χ1v) is 13.0. The van der Waals surface area contributed by atoms with E-state index in [-0.39, 0.29) is 33.4 Å². The van der Waals surface area contributed by atoms with Crippen molar-refractivity contribution in [2.75, 3.05) is 28.3 Å². The predicted octanol–water partition coefficient (Wildman–Crippen LogP) is 2.05. The van der Waals surface area contributed by atoms with Crippen LogP contribution in [0.4, 0.5) is 11.4 Å². The number of thioether (sulfide) groups is 1. The van der Waals surface area contributed by atoms with Gasteiger partial charge < -0.3 is 15.3 Å². The minimum absolute atomic E-state index is 0.00120. The zero-order chi connectivity index (χ0) is 21.7. The van der Waals surface area contributed by atoms with E-state index in [4.69, 9.17) is 0 Å². The number of sulfonamides is 1. The van der Waals surface area contributed by atoms with Crippen molar-refractivity contribution in [1.82, 2.24) is 0 Å². The van der Waals surface area contributed by atoms with E-state index >= 15 is 0 Å². The van der Waals surface area contributed by atoms with Gasteiger partial charge in [0.2, 0.25) is 0 Å². The Kier molecular flexibility index (Phi) is 5.03. The number of amides is 1. The smallest absolute Gasteiger partial charge is 0.257 e. The third-order valence-electron chi connectivity index (χ3n) is 4.69. The minimum Gasteiger partial charge on any atom is -0.506 e. The monoisotopic (exact) mass is 467 g/mol. The average molecular weight is 468 g/mol. The Morgan fingerprint density at radius 1 is 1.27 bits per heavy atom. The lowest BCUT2D eigenvalue weighted by atomic mass is 10.1. The first-order chi connectivity index (χ1) is 14.1. The van der Waals surface area contributed by atoms with Crippen molar-refractivity contribution in [3.8, 4) is 5.75 Å². The largest absolute Gasteiger partial charge is 0.506 e. The zero-order valence-electron chi connectivity index (χ0n) is 15.7. The fourth-order valence-corrected chi connectivity index (χ4v) is 6.24. The molecule has 0 aromatic heterocycles. The number of hydrogen-bond acceptors (Lipinski definition) is 8. The molecule has 2 N–H and O–H groups in total. The van der Waals surface area contributed by atoms with Crippen LogP contribution < -0.4 is 10.2 Å². The molecule has 2 aromatic carbocycles. The number of rotatable bonds is 4. The molecule has 12 heteroatoms. The maximum atomic E-state index is 12.7. The van der Waals surface area contributed by atoms with Crippen LogP contribution in [0.3, 0.4) is 0 Å². The van der Waals surface area contributed by atoms with Crippen LogP contribution in [-0.4, -0.2) is 51.1 Å². The molecule has 30 heavy (non-hydrogen) atoms. The quantitative estimate of drug-likeness (QED) is 0.653. The summed E-state index contributed by atoms with van der Waals surface area (Å²) in [7, 11) is -6.98. The van der Waals surface area contributed by atoms with Gasteiger partial charge in [0.05, 0.1) is 27.8 Å². The molecule has 0 radical (unpaired) electrons. The Hall–Kier alpha value is -2.57. The van der Waals surface area contributed by atoms with E-state index in [1.807, 2.05) is 0 Å². The number of nitrogens with zero attached hydrogens (tertiary/aromatic N) is 2. The maximum absolute atomic E-state index is 12.7. The lowest BCUT2D eigenvalue weighted by Crippen LogP contribution is -2.35. The third kappa shape index (κ3) is 3.77. The minimum atomic E-state index is -3.50. The van der Waals surface area contributed by atoms with E-state index in [0.717, 1.165) is 17.4 Å². The molecule has 0 bridgehead atoms. The third-order valence-corrected chi connectivity index (χ3v) is 8.73. The number of sulfone groups is 1. The molecule has 2 aromatic rings. The molecule has 2 aliphatic rings. The summed E-state index contributed by atoms with van der Waals surface area (Å²) < 4.78 is 51.3. The SMILES string of the molecule is CCS(=O)(=O)c1ccc(O)c(NC(=O)c2ccc3c(c2)SC2=NS(=O)(=O)CCN23)c1. The van der Waals surface area contributed by atoms with Gasteiger partial charge in [-0.05, 0) is 48.2 Å². The molecule has 9 nitrogen and oxygen atoms in total. The summed E-state index contributed by atoms with van der Waals surface area (Å²) in [4.78, 5) is 15.2. The van der Waals surface area contributed by atoms with Gasteiger partial charge in [0.25, 0.3) is 15.9 Å². The van der Waals surface area contributed by atoms with Gasteiger partial charge in [0.15, 0.2) is 15.0 Å². The number of carbonyl (C=O) groups excluding carboxylic acids is 1. The van der Waals surface area contributed by atoms with Crippen LogP contribution >= 0.6 is 11.8 Å². The maximum Gasteiger partial charge on any atom is 0.257 e. The van der Waals surface area contributed by atoms with Crippen LogP contribution in [-0.2, 0) is 19.9 Å². The normalized spacial score (nSPS) is 17.1. The molecule has 2 heterocycles. The van der Waals surface area contributed by atoms with Crippen LogP contribution in [0.5, 0.6) is 5.75 Å². The molecule has 0 saturated carbocycles. The highest BCUT2D eigenvalue weighted by Gasteiger charge is 2.33. The molecule has 0 atom stereocenters. The van der Waals surface area contributed by atoms with E-state index in [9.17, 15) is 26.7 Å². The van der Waals surface area contributed by atoms with E-state index in [2.05, 4.69) is 9.71 Å². The molecular formula is C18H17N3O6S3. The topological polar surface area (TPSA) is 133 Å². The fourth-order valence-electron chi connectivity index (χ4n) is 3.04. The highest BCUT2D eigenvalue weighted by molar-refractivity contribution is 8.15. The van der Waals surface area contributed by atoms with Gasteiger partial charge >= 0.3 is 0 Å². The van der Waals surface area contributed by atoms with Crippen molar-refractivity contribution in [2.24, 2.45) is 4.40 Å². The summed E-state index contributed by atoms with van der Waals surface area (Å²) in [6, 6.07) is 8.59. The van der Waals surface area contributed by atoms with Crippen molar-refractivity contribution < 1.29 is 26.7 Å². The molecule has 4 rings (SSSR count). The summed E-state index contributed by atoms with van der Waals surface area (Å²) in [6.45, 7) is 1.80. The number of fused-ring (bicyclic) bond motifs is 3. The van der Waals surface area contributed by atoms with Gasteiger partial charge in [-0.15, -0.1) is 4.40 Å². The van der Waals surface area contributed by atoms with Gasteiger partial charge in [0.1, 0.15) is 5.75 Å². The standard InChI is InChI=1S/C18H17N3O6S3/c1-2-29(24,25)12-4-6-15(22)13(10-12)19-17(23)11-3-5-14-16(9-11)28-18-20-30(26,27)8-7-21(14)18/h3-6,9-10,22H,2,7-8H2,1H3,(H,19,23). The number of amidine groups is 1. The van der Waals surface area contributed by atoms with Crippen LogP contribution in [0, 0.1) is 0 Å². The first-order valence-electron chi connectivity index (χ1n) is 8.89. The number of phenols is 1. The van der Waals surface area contributed by atoms with E-state index in [0.29, 0.717) is 16.6 Å². The number of phenolic OH excluding ortho intramolecular Hbond substituents is 1. The molecule has 0 saturated heterocycles. The van der Waals surface area contributed by atoms with Crippen LogP contribution in [0.1, 0.15) is 17.3 Å². The molecule has 0 unspecified atom stereocenters. The van der Waals surface area contributed by atoms with Gasteiger partial charge in [-0.25, -0.2) is 16.8 Å². The fraction of sp³-hybridized carbons (Fsp3) is 0.222. The second-order valence-electron chi connectivity index (χ2n) is 6.63. The first kappa shape index (κ1) is 20.7. The Morgan fingerprint density at radius 2 is 2.03 bits per heavy atom. The van der Waals surface area contributed by atoms with Crippen LogP contribution in [0.15, 0.2) is 50.6 Å². The Labute approximate surface area is 177 Å². The number of nitrogens with one attached hydrogen (secondary N) is 1. The second-order valence-corrected chi connectivity index (χ2v) is 11.7. The van der Waals surface area contributed by atoms with Crippen molar-refractivity contribution in [3.05, 3.63) is 42.0 Å². The summed E-state index contributed by atoms with van der Waals surface area (Å²) in [5.41, 5.74) is 1.02. The Bertz CT molecular complexity index is 1300. The summed E-state index contributed by atoms with van der Waals surface area (Å²) in [6.07, 6.45) is 0. The van der Waals surface area contributed by atoms with Crippen molar-refractivity contribution >= 4 is 54.1 Å². The zero-order valence-corrected chi connectivity index (χ0v) is 18.1. The van der Waals surface area contributed by atoms with Crippen molar-refractivity contribution in [2.45, 2.75) is 16.7 Å². The van der Waals surface area contributed by atoms with E-state index in [1.54, 1.807) is 23.1 Å². The van der Waals surface area contributed by atoms with Crippen molar-refractivity contribution in [3.63, 3.8) is 0 Å². The molecule has 158 valence electrons. The van der Waals surface area contributed by atoms with Crippen LogP contribution in [0.2, 0.25) is 0 Å². The number of aromatic hydroxyl groups is 1. The molecule has 2 aliphatic heterocycles. The molecule has 0 aliphatic carbocycles. The Morgan fingerprint density at radius 3 is 2.77 bits per heavy atom. The highest BCUT2D eigenvalue weighted by Crippen LogP contribution is 2.42. The van der Waals surface area contributed by atoms with Gasteiger partial charge in [-0.2, -0.15) is 0 Å². The molecule has 0 fully saturated rings. The highest BCUT2D eigenvalue weighted by atomic mass is 32.2.